The topological polar surface area (TPSA) is 80.6 Å². The third-order valence-electron chi connectivity index (χ3n) is 5.68. The maximum atomic E-state index is 14.6. The molecule has 0 saturated carbocycles. The van der Waals surface area contributed by atoms with Gasteiger partial charge in [-0.1, -0.05) is 18.2 Å². The fourth-order valence-corrected chi connectivity index (χ4v) is 3.60. The van der Waals surface area contributed by atoms with E-state index in [-0.39, 0.29) is 34.7 Å². The molecule has 7 nitrogen and oxygen atoms in total. The minimum Gasteiger partial charge on any atom is -0.462 e. The Kier molecular flexibility index (Phi) is 8.40. The molecule has 0 bridgehead atoms. The highest BCUT2D eigenvalue weighted by Gasteiger charge is 2.14. The molecule has 9 heteroatoms. The average molecular weight is 530 g/mol. The van der Waals surface area contributed by atoms with Crippen molar-refractivity contribution in [1.82, 2.24) is 0 Å². The van der Waals surface area contributed by atoms with Crippen molar-refractivity contribution in [3.05, 3.63) is 108 Å². The number of carbonyl (C=O) groups is 2. The van der Waals surface area contributed by atoms with Crippen LogP contribution in [-0.2, 0) is 4.74 Å². The Labute approximate surface area is 224 Å². The Morgan fingerprint density at radius 2 is 1.46 bits per heavy atom. The van der Waals surface area contributed by atoms with Crippen molar-refractivity contribution in [3.63, 3.8) is 0 Å². The van der Waals surface area contributed by atoms with E-state index in [0.717, 1.165) is 17.8 Å². The summed E-state index contributed by atoms with van der Waals surface area (Å²) in [5.41, 5.74) is 2.60. The maximum Gasteiger partial charge on any atom is 0.343 e. The number of ether oxygens (including phenoxy) is 2. The number of esters is 2. The molecule has 4 rings (SSSR count). The van der Waals surface area contributed by atoms with Crippen LogP contribution < -0.4 is 9.64 Å². The molecule has 0 unspecified atom stereocenters. The molecule has 0 atom stereocenters. The van der Waals surface area contributed by atoms with Gasteiger partial charge in [0.2, 0.25) is 0 Å². The van der Waals surface area contributed by atoms with Crippen molar-refractivity contribution >= 4 is 29.0 Å². The van der Waals surface area contributed by atoms with E-state index >= 15 is 0 Å². The largest absolute Gasteiger partial charge is 0.462 e. The van der Waals surface area contributed by atoms with Crippen molar-refractivity contribution in [2.45, 2.75) is 6.92 Å². The summed E-state index contributed by atoms with van der Waals surface area (Å²) in [6.45, 7) is 1.86. The Bertz CT molecular complexity index is 1520. The summed E-state index contributed by atoms with van der Waals surface area (Å²) >= 11 is 0. The molecular formula is C30H25F2N3O4. The lowest BCUT2D eigenvalue weighted by atomic mass is 10.0. The highest BCUT2D eigenvalue weighted by atomic mass is 19.1. The molecule has 198 valence electrons. The maximum absolute atomic E-state index is 14.6. The van der Waals surface area contributed by atoms with Gasteiger partial charge in [0.15, 0.2) is 5.82 Å². The molecule has 4 aromatic carbocycles. The van der Waals surface area contributed by atoms with Crippen LogP contribution in [0.4, 0.5) is 25.8 Å². The third-order valence-corrected chi connectivity index (χ3v) is 5.68. The van der Waals surface area contributed by atoms with E-state index in [4.69, 9.17) is 9.47 Å². The molecule has 0 aliphatic rings. The fraction of sp³-hybridized carbons (Fsp3) is 0.133. The molecule has 39 heavy (non-hydrogen) atoms. The van der Waals surface area contributed by atoms with Crippen LogP contribution >= 0.6 is 0 Å². The minimum absolute atomic E-state index is 0.00328. The molecule has 0 heterocycles. The van der Waals surface area contributed by atoms with Crippen molar-refractivity contribution < 1.29 is 27.8 Å². The summed E-state index contributed by atoms with van der Waals surface area (Å²) < 4.78 is 39.3. The van der Waals surface area contributed by atoms with E-state index < -0.39 is 23.6 Å². The Morgan fingerprint density at radius 3 is 2.08 bits per heavy atom. The monoisotopic (exact) mass is 529 g/mol. The van der Waals surface area contributed by atoms with Crippen molar-refractivity contribution in [2.24, 2.45) is 10.2 Å². The van der Waals surface area contributed by atoms with Gasteiger partial charge < -0.3 is 14.4 Å². The van der Waals surface area contributed by atoms with E-state index in [2.05, 4.69) is 10.2 Å². The van der Waals surface area contributed by atoms with Crippen LogP contribution in [0.2, 0.25) is 0 Å². The number of hydrogen-bond acceptors (Lipinski definition) is 7. The summed E-state index contributed by atoms with van der Waals surface area (Å²) in [5, 5.41) is 7.98. The van der Waals surface area contributed by atoms with E-state index in [9.17, 15) is 18.4 Å². The Morgan fingerprint density at radius 1 is 0.769 bits per heavy atom. The van der Waals surface area contributed by atoms with Gasteiger partial charge in [0.05, 0.1) is 23.4 Å². The summed E-state index contributed by atoms with van der Waals surface area (Å²) in [4.78, 5) is 26.3. The predicted molar refractivity (Wildman–Crippen MR) is 144 cm³/mol. The van der Waals surface area contributed by atoms with Gasteiger partial charge in [-0.25, -0.2) is 18.4 Å². The second-order valence-electron chi connectivity index (χ2n) is 8.61. The summed E-state index contributed by atoms with van der Waals surface area (Å²) in [6.07, 6.45) is 0. The number of rotatable bonds is 8. The van der Waals surface area contributed by atoms with Crippen LogP contribution in [0.5, 0.6) is 5.75 Å². The smallest absolute Gasteiger partial charge is 0.343 e. The SMILES string of the molecule is CCOC(=O)c1ccc(-c2ccc(C(=O)Oc3ccc(N=Nc4ccc(N(C)C)cc4)c(F)c3)cc2)c(F)c1. The molecular weight excluding hydrogens is 504 g/mol. The van der Waals surface area contributed by atoms with Crippen LogP contribution in [-0.4, -0.2) is 32.6 Å². The molecule has 0 saturated heterocycles. The van der Waals surface area contributed by atoms with E-state index in [0.29, 0.717) is 11.3 Å². The number of halogens is 2. The number of hydrogen-bond donors (Lipinski definition) is 0. The lowest BCUT2D eigenvalue weighted by Gasteiger charge is -2.11. The standard InChI is InChI=1S/C30H25F2N3O4/c1-4-38-29(36)21-9-15-25(26(31)17-21)19-5-7-20(8-6-19)30(37)39-24-14-16-28(27(32)18-24)34-33-22-10-12-23(13-11-22)35(2)3/h5-18H,4H2,1-3H3. The normalized spacial score (nSPS) is 10.9. The quantitative estimate of drug-likeness (QED) is 0.134. The molecule has 0 amide bonds. The molecule has 0 radical (unpaired) electrons. The molecule has 0 N–H and O–H groups in total. The summed E-state index contributed by atoms with van der Waals surface area (Å²) in [7, 11) is 3.85. The molecule has 4 aromatic rings. The highest BCUT2D eigenvalue weighted by Crippen LogP contribution is 2.28. The minimum atomic E-state index is -0.713. The van der Waals surface area contributed by atoms with Gasteiger partial charge in [0.25, 0.3) is 0 Å². The predicted octanol–water partition coefficient (Wildman–Crippen LogP) is 7.51. The van der Waals surface area contributed by atoms with Crippen LogP contribution in [0, 0.1) is 11.6 Å². The van der Waals surface area contributed by atoms with E-state index in [1.165, 1.54) is 36.4 Å². The summed E-state index contributed by atoms with van der Waals surface area (Å²) in [6, 6.07) is 21.2. The van der Waals surface area contributed by atoms with Gasteiger partial charge >= 0.3 is 11.9 Å². The van der Waals surface area contributed by atoms with Gasteiger partial charge in [0.1, 0.15) is 17.3 Å². The fourth-order valence-electron chi connectivity index (χ4n) is 3.60. The van der Waals surface area contributed by atoms with Crippen molar-refractivity contribution in [1.29, 1.82) is 0 Å². The molecule has 0 fully saturated rings. The van der Waals surface area contributed by atoms with Crippen LogP contribution in [0.15, 0.2) is 95.2 Å². The number of benzene rings is 4. The van der Waals surface area contributed by atoms with Gasteiger partial charge in [-0.05, 0) is 73.2 Å². The van der Waals surface area contributed by atoms with Gasteiger partial charge in [0, 0.05) is 31.4 Å². The van der Waals surface area contributed by atoms with Crippen LogP contribution in [0.25, 0.3) is 11.1 Å². The number of nitrogens with zero attached hydrogens (tertiary/aromatic N) is 3. The van der Waals surface area contributed by atoms with Crippen molar-refractivity contribution in [2.75, 3.05) is 25.6 Å². The van der Waals surface area contributed by atoms with Gasteiger partial charge in [-0.15, -0.1) is 5.11 Å². The van der Waals surface area contributed by atoms with E-state index in [1.807, 2.05) is 31.1 Å². The average Bonchev–Trinajstić information content (AvgIpc) is 2.93. The van der Waals surface area contributed by atoms with E-state index in [1.54, 1.807) is 31.2 Å². The molecule has 0 aliphatic heterocycles. The highest BCUT2D eigenvalue weighted by molar-refractivity contribution is 5.92. The first-order valence-corrected chi connectivity index (χ1v) is 12.0. The zero-order chi connectivity index (χ0) is 27.9. The molecule has 0 spiro atoms. The molecule has 0 aliphatic carbocycles. The van der Waals surface area contributed by atoms with Gasteiger partial charge in [-0.3, -0.25) is 0 Å². The number of azo groups is 1. The second-order valence-corrected chi connectivity index (χ2v) is 8.61. The number of carbonyl (C=O) groups excluding carboxylic acids is 2. The zero-order valence-electron chi connectivity index (χ0n) is 21.5. The number of anilines is 1. The lowest BCUT2D eigenvalue weighted by molar-refractivity contribution is 0.0525. The summed E-state index contributed by atoms with van der Waals surface area (Å²) in [5.74, 6) is -2.63. The van der Waals surface area contributed by atoms with Gasteiger partial charge in [-0.2, -0.15) is 5.11 Å². The molecule has 0 aromatic heterocycles. The first-order chi connectivity index (χ1) is 18.7. The second kappa shape index (κ2) is 12.1. The third kappa shape index (κ3) is 6.70. The Hall–Kier alpha value is -4.92. The first-order valence-electron chi connectivity index (χ1n) is 12.0. The lowest BCUT2D eigenvalue weighted by Crippen LogP contribution is -2.08. The van der Waals surface area contributed by atoms with Crippen LogP contribution in [0.3, 0.4) is 0 Å². The zero-order valence-corrected chi connectivity index (χ0v) is 21.5. The van der Waals surface area contributed by atoms with Crippen LogP contribution in [0.1, 0.15) is 27.6 Å². The first kappa shape index (κ1) is 27.1. The van der Waals surface area contributed by atoms with Crippen molar-refractivity contribution in [3.8, 4) is 16.9 Å². The Balaban J connectivity index is 1.41.